The van der Waals surface area contributed by atoms with Gasteiger partial charge in [-0.25, -0.2) is 12.8 Å². The third-order valence-electron chi connectivity index (χ3n) is 4.21. The number of halogens is 3. The number of nitrogens with one attached hydrogen (secondary N) is 2. The molecule has 30 heavy (non-hydrogen) atoms. The van der Waals surface area contributed by atoms with E-state index >= 15 is 0 Å². The molecular weight excluding hydrogens is 450 g/mol. The summed E-state index contributed by atoms with van der Waals surface area (Å²) in [6, 6.07) is 16.7. The van der Waals surface area contributed by atoms with E-state index in [1.807, 2.05) is 6.07 Å². The Balaban J connectivity index is 1.86. The maximum atomic E-state index is 13.2. The minimum atomic E-state index is -4.07. The average Bonchev–Trinajstić information content (AvgIpc) is 2.71. The number of anilines is 1. The number of hydrogen-bond donors (Lipinski definition) is 2. The van der Waals surface area contributed by atoms with Crippen LogP contribution in [0.4, 0.5) is 10.1 Å². The van der Waals surface area contributed by atoms with E-state index in [9.17, 15) is 17.6 Å². The zero-order valence-electron chi connectivity index (χ0n) is 15.5. The molecule has 3 rings (SSSR count). The van der Waals surface area contributed by atoms with Crippen molar-refractivity contribution < 1.29 is 17.6 Å². The van der Waals surface area contributed by atoms with Gasteiger partial charge in [0.25, 0.3) is 0 Å². The molecule has 0 heterocycles. The second-order valence-electron chi connectivity index (χ2n) is 6.44. The minimum Gasteiger partial charge on any atom is -0.325 e. The van der Waals surface area contributed by atoms with Gasteiger partial charge in [-0.05, 0) is 54.4 Å². The van der Waals surface area contributed by atoms with Crippen molar-refractivity contribution in [2.45, 2.75) is 17.4 Å². The van der Waals surface area contributed by atoms with Crippen LogP contribution in [0.1, 0.15) is 5.56 Å². The van der Waals surface area contributed by atoms with Gasteiger partial charge >= 0.3 is 0 Å². The molecule has 156 valence electrons. The molecule has 9 heteroatoms. The Morgan fingerprint density at radius 3 is 2.23 bits per heavy atom. The Labute approximate surface area is 183 Å². The summed E-state index contributed by atoms with van der Waals surface area (Å²) < 4.78 is 41.1. The first-order chi connectivity index (χ1) is 14.2. The molecule has 0 spiro atoms. The number of carbonyl (C=O) groups excluding carboxylic acids is 1. The van der Waals surface area contributed by atoms with Crippen molar-refractivity contribution in [3.63, 3.8) is 0 Å². The molecule has 0 radical (unpaired) electrons. The number of carbonyl (C=O) groups is 1. The molecule has 0 saturated heterocycles. The fourth-order valence-corrected chi connectivity index (χ4v) is 4.20. The summed E-state index contributed by atoms with van der Waals surface area (Å²) in [5.74, 6) is -1.14. The Bertz CT molecular complexity index is 1140. The standard InChI is InChI=1S/C21H17Cl2FN2O3S/c22-18-11-8-16(13-19(18)23)25-21(27)20(12-14-4-2-1-3-5-14)26-30(28,29)17-9-6-15(24)7-10-17/h1-11,13,20,26H,12H2,(H,25,27)/t20-/m0/s1. The smallest absolute Gasteiger partial charge is 0.242 e. The lowest BCUT2D eigenvalue weighted by atomic mass is 10.1. The molecular formula is C21H17Cl2FN2O3S. The summed E-state index contributed by atoms with van der Waals surface area (Å²) in [6.07, 6.45) is 0.106. The van der Waals surface area contributed by atoms with Gasteiger partial charge in [0.05, 0.1) is 14.9 Å². The molecule has 0 aliphatic heterocycles. The Hall–Kier alpha value is -2.45. The molecule has 0 saturated carbocycles. The van der Waals surface area contributed by atoms with Crippen LogP contribution in [0.3, 0.4) is 0 Å². The van der Waals surface area contributed by atoms with Crippen LogP contribution >= 0.6 is 23.2 Å². The topological polar surface area (TPSA) is 75.3 Å². The molecule has 0 aliphatic rings. The molecule has 3 aromatic carbocycles. The normalized spacial score (nSPS) is 12.4. The van der Waals surface area contributed by atoms with E-state index in [1.165, 1.54) is 12.1 Å². The molecule has 0 bridgehead atoms. The summed E-state index contributed by atoms with van der Waals surface area (Å²) in [6.45, 7) is 0. The van der Waals surface area contributed by atoms with Gasteiger partial charge in [-0.3, -0.25) is 4.79 Å². The molecule has 1 atom stereocenters. The SMILES string of the molecule is O=C(Nc1ccc(Cl)c(Cl)c1)[C@H](Cc1ccccc1)NS(=O)(=O)c1ccc(F)cc1. The van der Waals surface area contributed by atoms with Crippen molar-refractivity contribution in [3.05, 3.63) is 94.2 Å². The van der Waals surface area contributed by atoms with Crippen LogP contribution < -0.4 is 10.0 Å². The van der Waals surface area contributed by atoms with E-state index in [1.54, 1.807) is 30.3 Å². The van der Waals surface area contributed by atoms with Crippen LogP contribution in [0, 0.1) is 5.82 Å². The predicted molar refractivity (Wildman–Crippen MR) is 116 cm³/mol. The molecule has 3 aromatic rings. The lowest BCUT2D eigenvalue weighted by Gasteiger charge is -2.19. The number of rotatable bonds is 7. The van der Waals surface area contributed by atoms with Gasteiger partial charge in [0.15, 0.2) is 0 Å². The molecule has 0 aromatic heterocycles. The van der Waals surface area contributed by atoms with Gasteiger partial charge in [0.2, 0.25) is 15.9 Å². The van der Waals surface area contributed by atoms with Crippen LogP contribution in [0.2, 0.25) is 10.0 Å². The van der Waals surface area contributed by atoms with Gasteiger partial charge in [-0.15, -0.1) is 0 Å². The third kappa shape index (κ3) is 5.79. The second kappa shape index (κ2) is 9.57. The number of amides is 1. The predicted octanol–water partition coefficient (Wildman–Crippen LogP) is 4.66. The van der Waals surface area contributed by atoms with Gasteiger partial charge in [0.1, 0.15) is 11.9 Å². The van der Waals surface area contributed by atoms with E-state index in [-0.39, 0.29) is 16.3 Å². The molecule has 0 fully saturated rings. The van der Waals surface area contributed by atoms with Crippen LogP contribution in [0.5, 0.6) is 0 Å². The van der Waals surface area contributed by atoms with E-state index in [4.69, 9.17) is 23.2 Å². The average molecular weight is 467 g/mol. The van der Waals surface area contributed by atoms with Crippen LogP contribution in [0.25, 0.3) is 0 Å². The number of hydrogen-bond acceptors (Lipinski definition) is 3. The zero-order chi connectivity index (χ0) is 21.7. The summed E-state index contributed by atoms with van der Waals surface area (Å²) in [5, 5.41) is 3.22. The van der Waals surface area contributed by atoms with Crippen molar-refractivity contribution in [2.75, 3.05) is 5.32 Å². The Morgan fingerprint density at radius 2 is 1.60 bits per heavy atom. The van der Waals surface area contributed by atoms with Crippen molar-refractivity contribution in [2.24, 2.45) is 0 Å². The summed E-state index contributed by atoms with van der Waals surface area (Å²) >= 11 is 11.9. The maximum absolute atomic E-state index is 13.2. The first-order valence-corrected chi connectivity index (χ1v) is 11.1. The quantitative estimate of drug-likeness (QED) is 0.531. The van der Waals surface area contributed by atoms with Crippen molar-refractivity contribution in [1.82, 2.24) is 4.72 Å². The number of benzene rings is 3. The highest BCUT2D eigenvalue weighted by atomic mass is 35.5. The molecule has 1 amide bonds. The Morgan fingerprint density at radius 1 is 0.933 bits per heavy atom. The number of sulfonamides is 1. The minimum absolute atomic E-state index is 0.106. The van der Waals surface area contributed by atoms with E-state index in [0.29, 0.717) is 10.7 Å². The Kier molecular flexibility index (Phi) is 7.10. The van der Waals surface area contributed by atoms with Gasteiger partial charge in [-0.1, -0.05) is 53.5 Å². The van der Waals surface area contributed by atoms with Crippen LogP contribution in [-0.2, 0) is 21.2 Å². The van der Waals surface area contributed by atoms with Gasteiger partial charge in [-0.2, -0.15) is 4.72 Å². The lowest BCUT2D eigenvalue weighted by molar-refractivity contribution is -0.117. The first-order valence-electron chi connectivity index (χ1n) is 8.82. The highest BCUT2D eigenvalue weighted by Gasteiger charge is 2.26. The fraction of sp³-hybridized carbons (Fsp3) is 0.0952. The molecule has 5 nitrogen and oxygen atoms in total. The molecule has 0 aliphatic carbocycles. The highest BCUT2D eigenvalue weighted by Crippen LogP contribution is 2.25. The summed E-state index contributed by atoms with van der Waals surface area (Å²) in [5.41, 5.74) is 1.13. The van der Waals surface area contributed by atoms with E-state index < -0.39 is 27.8 Å². The first kappa shape index (κ1) is 22.2. The van der Waals surface area contributed by atoms with Crippen LogP contribution in [0.15, 0.2) is 77.7 Å². The summed E-state index contributed by atoms with van der Waals surface area (Å²) in [4.78, 5) is 12.8. The third-order valence-corrected chi connectivity index (χ3v) is 6.43. The fourth-order valence-electron chi connectivity index (χ4n) is 2.71. The maximum Gasteiger partial charge on any atom is 0.242 e. The molecule has 0 unspecified atom stereocenters. The van der Waals surface area contributed by atoms with Gasteiger partial charge < -0.3 is 5.32 Å². The van der Waals surface area contributed by atoms with E-state index in [2.05, 4.69) is 10.0 Å². The summed E-state index contributed by atoms with van der Waals surface area (Å²) in [7, 11) is -4.07. The molecule has 2 N–H and O–H groups in total. The monoisotopic (exact) mass is 466 g/mol. The van der Waals surface area contributed by atoms with E-state index in [0.717, 1.165) is 29.8 Å². The van der Waals surface area contributed by atoms with Crippen molar-refractivity contribution in [3.8, 4) is 0 Å². The van der Waals surface area contributed by atoms with Crippen molar-refractivity contribution >= 4 is 44.8 Å². The highest BCUT2D eigenvalue weighted by molar-refractivity contribution is 7.89. The largest absolute Gasteiger partial charge is 0.325 e. The second-order valence-corrected chi connectivity index (χ2v) is 8.96. The van der Waals surface area contributed by atoms with Gasteiger partial charge in [0, 0.05) is 5.69 Å². The zero-order valence-corrected chi connectivity index (χ0v) is 17.8. The lowest BCUT2D eigenvalue weighted by Crippen LogP contribution is -2.45. The van der Waals surface area contributed by atoms with Crippen molar-refractivity contribution in [1.29, 1.82) is 0 Å². The van der Waals surface area contributed by atoms with Crippen LogP contribution in [-0.4, -0.2) is 20.4 Å².